The average molecular weight is 741 g/mol. The van der Waals surface area contributed by atoms with Crippen molar-refractivity contribution in [1.82, 2.24) is 19.9 Å². The number of hydrogen-bond acceptors (Lipinski definition) is 4. The molecular formula is C54H36N4. The van der Waals surface area contributed by atoms with Crippen molar-refractivity contribution in [3.63, 3.8) is 0 Å². The van der Waals surface area contributed by atoms with E-state index >= 15 is 0 Å². The third-order valence-electron chi connectivity index (χ3n) is 10.5. The number of nitrogens with zero attached hydrogens (tertiary/aromatic N) is 4. The average Bonchev–Trinajstić information content (AvgIpc) is 3.32. The highest BCUT2D eigenvalue weighted by molar-refractivity contribution is 5.86. The van der Waals surface area contributed by atoms with Crippen molar-refractivity contribution >= 4 is 10.8 Å². The molecule has 4 heteroatoms. The molecule has 4 nitrogen and oxygen atoms in total. The van der Waals surface area contributed by atoms with E-state index in [9.17, 15) is 0 Å². The lowest BCUT2D eigenvalue weighted by atomic mass is 9.93. The van der Waals surface area contributed by atoms with Crippen LogP contribution < -0.4 is 0 Å². The van der Waals surface area contributed by atoms with E-state index in [0.717, 1.165) is 72.1 Å². The molecule has 2 aromatic heterocycles. The molecule has 0 fully saturated rings. The fraction of sp³-hybridized carbons (Fsp3) is 0. The predicted octanol–water partition coefficient (Wildman–Crippen LogP) is 13.8. The molecule has 0 N–H and O–H groups in total. The summed E-state index contributed by atoms with van der Waals surface area (Å²) in [6, 6.07) is 74.0. The molecule has 58 heavy (non-hydrogen) atoms. The molecule has 0 amide bonds. The second-order valence-corrected chi connectivity index (χ2v) is 14.4. The molecule has 10 aromatic rings. The van der Waals surface area contributed by atoms with Crippen LogP contribution in [0, 0.1) is 0 Å². The van der Waals surface area contributed by atoms with Crippen molar-refractivity contribution in [2.45, 2.75) is 0 Å². The van der Waals surface area contributed by atoms with E-state index in [-0.39, 0.29) is 0 Å². The molecule has 0 saturated heterocycles. The Labute approximate surface area is 337 Å². The van der Waals surface area contributed by atoms with Gasteiger partial charge in [0.2, 0.25) is 0 Å². The maximum absolute atomic E-state index is 5.17. The molecule has 272 valence electrons. The minimum Gasteiger partial charge on any atom is -0.256 e. The summed E-state index contributed by atoms with van der Waals surface area (Å²) in [5.74, 6) is 1.81. The highest BCUT2D eigenvalue weighted by Crippen LogP contribution is 2.35. The Morgan fingerprint density at radius 2 is 0.586 bits per heavy atom. The Morgan fingerprint density at radius 3 is 1.16 bits per heavy atom. The molecule has 0 atom stereocenters. The van der Waals surface area contributed by atoms with E-state index in [4.69, 9.17) is 19.9 Å². The SMILES string of the molecule is c1ccc(-c2ccc(-c3nc(-c4cccc(-c5cc(-c6ccccc6)cc(-c6ccccc6)c5)c4)nc(-c4cccc(-c5cc6ccccc6cn5)c4)n3)cc2)cc1. The number of rotatable bonds is 8. The molecule has 0 bridgehead atoms. The first-order valence-electron chi connectivity index (χ1n) is 19.4. The highest BCUT2D eigenvalue weighted by atomic mass is 15.0. The largest absolute Gasteiger partial charge is 0.256 e. The molecular weight excluding hydrogens is 705 g/mol. The van der Waals surface area contributed by atoms with Crippen LogP contribution in [-0.2, 0) is 0 Å². The van der Waals surface area contributed by atoms with Gasteiger partial charge in [0.1, 0.15) is 0 Å². The van der Waals surface area contributed by atoms with Crippen molar-refractivity contribution in [3.8, 4) is 89.9 Å². The van der Waals surface area contributed by atoms with E-state index in [1.165, 1.54) is 11.1 Å². The second-order valence-electron chi connectivity index (χ2n) is 14.4. The maximum Gasteiger partial charge on any atom is 0.164 e. The highest BCUT2D eigenvalue weighted by Gasteiger charge is 2.15. The van der Waals surface area contributed by atoms with Crippen molar-refractivity contribution in [1.29, 1.82) is 0 Å². The lowest BCUT2D eigenvalue weighted by Gasteiger charge is -2.13. The number of aromatic nitrogens is 4. The normalized spacial score (nSPS) is 11.1. The first-order chi connectivity index (χ1) is 28.7. The minimum absolute atomic E-state index is 0.595. The summed E-state index contributed by atoms with van der Waals surface area (Å²) in [7, 11) is 0. The van der Waals surface area contributed by atoms with Gasteiger partial charge >= 0.3 is 0 Å². The van der Waals surface area contributed by atoms with Gasteiger partial charge in [0.15, 0.2) is 17.5 Å². The smallest absolute Gasteiger partial charge is 0.164 e. The van der Waals surface area contributed by atoms with Crippen LogP contribution in [0.3, 0.4) is 0 Å². The van der Waals surface area contributed by atoms with Crippen LogP contribution in [0.15, 0.2) is 219 Å². The molecule has 0 spiro atoms. The van der Waals surface area contributed by atoms with Crippen LogP contribution in [0.5, 0.6) is 0 Å². The molecule has 0 unspecified atom stereocenters. The van der Waals surface area contributed by atoms with Crippen LogP contribution in [0.25, 0.3) is 101 Å². The monoisotopic (exact) mass is 740 g/mol. The number of hydrogen-bond donors (Lipinski definition) is 0. The summed E-state index contributed by atoms with van der Waals surface area (Å²) < 4.78 is 0. The zero-order chi connectivity index (χ0) is 38.7. The maximum atomic E-state index is 5.17. The summed E-state index contributed by atoms with van der Waals surface area (Å²) >= 11 is 0. The Bertz CT molecular complexity index is 2980. The van der Waals surface area contributed by atoms with Gasteiger partial charge in [0.05, 0.1) is 5.69 Å². The van der Waals surface area contributed by atoms with Crippen LogP contribution in [-0.4, -0.2) is 19.9 Å². The van der Waals surface area contributed by atoms with Crippen LogP contribution in [0.2, 0.25) is 0 Å². The van der Waals surface area contributed by atoms with E-state index in [1.807, 2.05) is 24.4 Å². The third-order valence-corrected chi connectivity index (χ3v) is 10.5. The zero-order valence-corrected chi connectivity index (χ0v) is 31.6. The van der Waals surface area contributed by atoms with Gasteiger partial charge in [-0.15, -0.1) is 0 Å². The molecule has 2 heterocycles. The summed E-state index contributed by atoms with van der Waals surface area (Å²) in [5.41, 5.74) is 13.7. The van der Waals surface area contributed by atoms with Gasteiger partial charge < -0.3 is 0 Å². The van der Waals surface area contributed by atoms with Crippen molar-refractivity contribution in [2.24, 2.45) is 0 Å². The second kappa shape index (κ2) is 15.4. The Balaban J connectivity index is 1.09. The summed E-state index contributed by atoms with van der Waals surface area (Å²) in [6.07, 6.45) is 1.93. The fourth-order valence-electron chi connectivity index (χ4n) is 7.49. The topological polar surface area (TPSA) is 51.6 Å². The Morgan fingerprint density at radius 1 is 0.224 bits per heavy atom. The Hall–Kier alpha value is -7.82. The standard InChI is InChI=1S/C54H36N4/c1-4-14-37(15-5-1)40-26-28-41(29-27-40)52-56-53(58-54(57-52)46-25-13-23-44(31-46)51-35-43-20-10-11-21-47(43)36-55-51)45-24-12-22-42(30-45)50-33-48(38-16-6-2-7-17-38)32-49(34-50)39-18-8-3-9-19-39/h1-36H. The zero-order valence-electron chi connectivity index (χ0n) is 31.6. The summed E-state index contributed by atoms with van der Waals surface area (Å²) in [4.78, 5) is 20.2. The van der Waals surface area contributed by atoms with Crippen molar-refractivity contribution < 1.29 is 0 Å². The molecule has 0 saturated carbocycles. The predicted molar refractivity (Wildman–Crippen MR) is 239 cm³/mol. The molecule has 0 radical (unpaired) electrons. The van der Waals surface area contributed by atoms with E-state index < -0.39 is 0 Å². The Kier molecular flexibility index (Phi) is 9.18. The summed E-state index contributed by atoms with van der Waals surface area (Å²) in [6.45, 7) is 0. The third kappa shape index (κ3) is 7.18. The van der Waals surface area contributed by atoms with Gasteiger partial charge in [-0.3, -0.25) is 4.98 Å². The van der Waals surface area contributed by atoms with Gasteiger partial charge in [-0.1, -0.05) is 176 Å². The van der Waals surface area contributed by atoms with Gasteiger partial charge in [-0.05, 0) is 86.3 Å². The van der Waals surface area contributed by atoms with E-state index in [0.29, 0.717) is 17.5 Å². The first kappa shape index (κ1) is 34.7. The molecule has 10 rings (SSSR count). The van der Waals surface area contributed by atoms with E-state index in [1.54, 1.807) is 0 Å². The van der Waals surface area contributed by atoms with Gasteiger partial charge in [-0.2, -0.15) is 0 Å². The van der Waals surface area contributed by atoms with Crippen molar-refractivity contribution in [3.05, 3.63) is 219 Å². The van der Waals surface area contributed by atoms with E-state index in [2.05, 4.69) is 194 Å². The molecule has 0 aliphatic rings. The number of fused-ring (bicyclic) bond motifs is 1. The van der Waals surface area contributed by atoms with Crippen LogP contribution in [0.1, 0.15) is 0 Å². The fourth-order valence-corrected chi connectivity index (χ4v) is 7.49. The first-order valence-corrected chi connectivity index (χ1v) is 19.4. The van der Waals surface area contributed by atoms with Crippen LogP contribution >= 0.6 is 0 Å². The lowest BCUT2D eigenvalue weighted by molar-refractivity contribution is 1.07. The minimum atomic E-state index is 0.595. The molecule has 8 aromatic carbocycles. The van der Waals surface area contributed by atoms with Gasteiger partial charge in [0, 0.05) is 33.8 Å². The molecule has 0 aliphatic heterocycles. The number of pyridine rings is 1. The van der Waals surface area contributed by atoms with Crippen molar-refractivity contribution in [2.75, 3.05) is 0 Å². The van der Waals surface area contributed by atoms with Gasteiger partial charge in [-0.25, -0.2) is 15.0 Å². The van der Waals surface area contributed by atoms with Gasteiger partial charge in [0.25, 0.3) is 0 Å². The molecule has 0 aliphatic carbocycles. The number of benzene rings is 8. The van der Waals surface area contributed by atoms with Crippen LogP contribution in [0.4, 0.5) is 0 Å². The quantitative estimate of drug-likeness (QED) is 0.156. The summed E-state index contributed by atoms with van der Waals surface area (Å²) in [5, 5.41) is 2.25. The lowest BCUT2D eigenvalue weighted by Crippen LogP contribution is -2.00.